The number of hydrogen-bond donors (Lipinski definition) is 2. The summed E-state index contributed by atoms with van der Waals surface area (Å²) in [5.41, 5.74) is 4.49. The molecule has 1 aromatic rings. The number of methoxy groups -OCH3 is 1. The molecule has 1 amide bonds. The number of nitrogens with one attached hydrogen (secondary N) is 1. The molecule has 0 bridgehead atoms. The average Bonchev–Trinajstić information content (AvgIpc) is 2.35. The largest absolute Gasteiger partial charge is 0.416 e. The second-order valence-electron chi connectivity index (χ2n) is 4.46. The van der Waals surface area contributed by atoms with E-state index in [9.17, 15) is 18.0 Å². The molecule has 0 fully saturated rings. The lowest BCUT2D eigenvalue weighted by Gasteiger charge is -2.15. The number of halogens is 3. The normalized spacial score (nSPS) is 13.1. The molecule has 7 heteroatoms. The average molecular weight is 290 g/mol. The topological polar surface area (TPSA) is 64.3 Å². The van der Waals surface area contributed by atoms with Crippen LogP contribution in [0.25, 0.3) is 0 Å². The molecule has 0 aromatic heterocycles. The van der Waals surface area contributed by atoms with Gasteiger partial charge in [0.1, 0.15) is 0 Å². The smallest absolute Gasteiger partial charge is 0.398 e. The molecule has 0 aliphatic heterocycles. The van der Waals surface area contributed by atoms with Gasteiger partial charge in [-0.05, 0) is 31.5 Å². The van der Waals surface area contributed by atoms with Gasteiger partial charge in [0.15, 0.2) is 0 Å². The Morgan fingerprint density at radius 2 is 2.10 bits per heavy atom. The number of alkyl halides is 3. The Kier molecular flexibility index (Phi) is 5.38. The van der Waals surface area contributed by atoms with E-state index in [0.29, 0.717) is 13.0 Å². The van der Waals surface area contributed by atoms with Crippen LogP contribution in [-0.2, 0) is 10.9 Å². The molecule has 0 aliphatic carbocycles. The zero-order valence-electron chi connectivity index (χ0n) is 11.3. The lowest BCUT2D eigenvalue weighted by atomic mass is 10.1. The number of amides is 1. The van der Waals surface area contributed by atoms with Gasteiger partial charge in [-0.3, -0.25) is 4.79 Å². The zero-order chi connectivity index (χ0) is 15.3. The molecule has 1 aromatic carbocycles. The number of hydrogen-bond acceptors (Lipinski definition) is 3. The van der Waals surface area contributed by atoms with Crippen molar-refractivity contribution in [1.82, 2.24) is 5.32 Å². The van der Waals surface area contributed by atoms with Crippen molar-refractivity contribution >= 4 is 11.6 Å². The maximum absolute atomic E-state index is 12.6. The molecule has 4 nitrogen and oxygen atoms in total. The number of ether oxygens (including phenoxy) is 1. The van der Waals surface area contributed by atoms with E-state index in [-0.39, 0.29) is 17.3 Å². The number of carbonyl (C=O) groups excluding carboxylic acids is 1. The van der Waals surface area contributed by atoms with Gasteiger partial charge in [-0.25, -0.2) is 0 Å². The van der Waals surface area contributed by atoms with Crippen LogP contribution in [0.4, 0.5) is 18.9 Å². The monoisotopic (exact) mass is 290 g/mol. The van der Waals surface area contributed by atoms with E-state index >= 15 is 0 Å². The molecule has 0 saturated heterocycles. The molecule has 0 spiro atoms. The second-order valence-corrected chi connectivity index (χ2v) is 4.46. The standard InChI is InChI=1S/C13H17F3N2O2/c1-8(5-6-20-2)18-12(19)10-7-9(13(14,15)16)3-4-11(10)17/h3-4,7-8H,5-6,17H2,1-2H3,(H,18,19). The molecule has 3 N–H and O–H groups in total. The maximum Gasteiger partial charge on any atom is 0.416 e. The molecule has 0 radical (unpaired) electrons. The van der Waals surface area contributed by atoms with Crippen LogP contribution in [0.5, 0.6) is 0 Å². The molecule has 0 aliphatic rings. The Balaban J connectivity index is 2.87. The number of rotatable bonds is 5. The molecule has 0 heterocycles. The van der Waals surface area contributed by atoms with Crippen molar-refractivity contribution in [2.45, 2.75) is 25.6 Å². The minimum Gasteiger partial charge on any atom is -0.398 e. The van der Waals surface area contributed by atoms with Crippen LogP contribution in [-0.4, -0.2) is 25.7 Å². The van der Waals surface area contributed by atoms with Crippen LogP contribution >= 0.6 is 0 Å². The summed E-state index contributed by atoms with van der Waals surface area (Å²) < 4.78 is 42.7. The highest BCUT2D eigenvalue weighted by Crippen LogP contribution is 2.31. The van der Waals surface area contributed by atoms with Gasteiger partial charge < -0.3 is 15.8 Å². The SMILES string of the molecule is COCCC(C)NC(=O)c1cc(C(F)(F)F)ccc1N. The van der Waals surface area contributed by atoms with E-state index in [4.69, 9.17) is 10.5 Å². The van der Waals surface area contributed by atoms with Crippen LogP contribution in [0, 0.1) is 0 Å². The third-order valence-corrected chi connectivity index (χ3v) is 2.76. The van der Waals surface area contributed by atoms with E-state index in [1.165, 1.54) is 7.11 Å². The van der Waals surface area contributed by atoms with E-state index in [0.717, 1.165) is 18.2 Å². The molecule has 0 saturated carbocycles. The van der Waals surface area contributed by atoms with Crippen LogP contribution in [0.3, 0.4) is 0 Å². The van der Waals surface area contributed by atoms with Gasteiger partial charge in [0.25, 0.3) is 5.91 Å². The van der Waals surface area contributed by atoms with Crippen molar-refractivity contribution in [2.75, 3.05) is 19.5 Å². The maximum atomic E-state index is 12.6. The quantitative estimate of drug-likeness (QED) is 0.819. The van der Waals surface area contributed by atoms with Crippen LogP contribution in [0.15, 0.2) is 18.2 Å². The third kappa shape index (κ3) is 4.41. The highest BCUT2D eigenvalue weighted by atomic mass is 19.4. The van der Waals surface area contributed by atoms with E-state index in [1.807, 2.05) is 0 Å². The Morgan fingerprint density at radius 1 is 1.45 bits per heavy atom. The Labute approximate surface area is 115 Å². The first kappa shape index (κ1) is 16.3. The summed E-state index contributed by atoms with van der Waals surface area (Å²) in [6.45, 7) is 2.18. The minimum atomic E-state index is -4.51. The fraction of sp³-hybridized carbons (Fsp3) is 0.462. The molecule has 1 unspecified atom stereocenters. The van der Waals surface area contributed by atoms with Crippen molar-refractivity contribution in [3.8, 4) is 0 Å². The third-order valence-electron chi connectivity index (χ3n) is 2.76. The molecule has 112 valence electrons. The van der Waals surface area contributed by atoms with Crippen molar-refractivity contribution in [3.05, 3.63) is 29.3 Å². The first-order chi connectivity index (χ1) is 9.25. The van der Waals surface area contributed by atoms with Crippen LogP contribution < -0.4 is 11.1 Å². The summed E-state index contributed by atoms with van der Waals surface area (Å²) in [4.78, 5) is 11.9. The van der Waals surface area contributed by atoms with Gasteiger partial charge in [-0.15, -0.1) is 0 Å². The van der Waals surface area contributed by atoms with Gasteiger partial charge in [0.2, 0.25) is 0 Å². The number of benzene rings is 1. The summed E-state index contributed by atoms with van der Waals surface area (Å²) in [6, 6.07) is 2.46. The van der Waals surface area contributed by atoms with E-state index in [1.54, 1.807) is 6.92 Å². The first-order valence-corrected chi connectivity index (χ1v) is 6.02. The minimum absolute atomic E-state index is 0.00874. The van der Waals surface area contributed by atoms with Gasteiger partial charge >= 0.3 is 6.18 Å². The fourth-order valence-electron chi connectivity index (χ4n) is 1.60. The predicted octanol–water partition coefficient (Wildman–Crippen LogP) is 2.44. The number of carbonyl (C=O) groups is 1. The molecule has 1 rings (SSSR count). The second kappa shape index (κ2) is 6.60. The fourth-order valence-corrected chi connectivity index (χ4v) is 1.60. The highest BCUT2D eigenvalue weighted by molar-refractivity contribution is 5.99. The van der Waals surface area contributed by atoms with Crippen molar-refractivity contribution in [2.24, 2.45) is 0 Å². The van der Waals surface area contributed by atoms with Gasteiger partial charge in [0, 0.05) is 25.4 Å². The molecule has 1 atom stereocenters. The van der Waals surface area contributed by atoms with Gasteiger partial charge in [-0.2, -0.15) is 13.2 Å². The van der Waals surface area contributed by atoms with E-state index < -0.39 is 17.6 Å². The summed E-state index contributed by atoms with van der Waals surface area (Å²) in [5, 5.41) is 2.58. The van der Waals surface area contributed by atoms with Crippen molar-refractivity contribution < 1.29 is 22.7 Å². The summed E-state index contributed by atoms with van der Waals surface area (Å²) in [7, 11) is 1.53. The number of nitrogen functional groups attached to an aromatic ring is 1. The summed E-state index contributed by atoms with van der Waals surface area (Å²) in [6.07, 6.45) is -3.95. The lowest BCUT2D eigenvalue weighted by Crippen LogP contribution is -2.34. The summed E-state index contributed by atoms with van der Waals surface area (Å²) in [5.74, 6) is -0.628. The molecular weight excluding hydrogens is 273 g/mol. The summed E-state index contributed by atoms with van der Waals surface area (Å²) >= 11 is 0. The molecular formula is C13H17F3N2O2. The van der Waals surface area contributed by atoms with Gasteiger partial charge in [-0.1, -0.05) is 0 Å². The Hall–Kier alpha value is -1.76. The number of anilines is 1. The predicted molar refractivity (Wildman–Crippen MR) is 69.3 cm³/mol. The van der Waals surface area contributed by atoms with Gasteiger partial charge in [0.05, 0.1) is 11.1 Å². The van der Waals surface area contributed by atoms with Crippen LogP contribution in [0.1, 0.15) is 29.3 Å². The zero-order valence-corrected chi connectivity index (χ0v) is 11.3. The highest BCUT2D eigenvalue weighted by Gasteiger charge is 2.31. The lowest BCUT2D eigenvalue weighted by molar-refractivity contribution is -0.137. The Morgan fingerprint density at radius 3 is 2.65 bits per heavy atom. The van der Waals surface area contributed by atoms with E-state index in [2.05, 4.69) is 5.32 Å². The first-order valence-electron chi connectivity index (χ1n) is 6.02. The van der Waals surface area contributed by atoms with Crippen molar-refractivity contribution in [1.29, 1.82) is 0 Å². The Bertz CT molecular complexity index is 475. The number of nitrogens with two attached hydrogens (primary N) is 1. The van der Waals surface area contributed by atoms with Crippen LogP contribution in [0.2, 0.25) is 0 Å². The van der Waals surface area contributed by atoms with Crippen molar-refractivity contribution in [3.63, 3.8) is 0 Å². The molecule has 20 heavy (non-hydrogen) atoms.